The highest BCUT2D eigenvalue weighted by molar-refractivity contribution is 7.91. The molecule has 3 aliphatic rings. The predicted octanol–water partition coefficient (Wildman–Crippen LogP) is 1.77. The van der Waals surface area contributed by atoms with Gasteiger partial charge in [0, 0.05) is 30.6 Å². The summed E-state index contributed by atoms with van der Waals surface area (Å²) in [5.41, 5.74) is 1.51. The van der Waals surface area contributed by atoms with Gasteiger partial charge in [-0.3, -0.25) is 9.78 Å². The summed E-state index contributed by atoms with van der Waals surface area (Å²) in [5.74, 6) is 1.33. The summed E-state index contributed by atoms with van der Waals surface area (Å²) in [6.07, 6.45) is 2.84. The molecular formula is C24H28N6O3S. The van der Waals surface area contributed by atoms with E-state index in [2.05, 4.69) is 15.6 Å². The van der Waals surface area contributed by atoms with E-state index in [4.69, 9.17) is 9.97 Å². The van der Waals surface area contributed by atoms with E-state index in [1.807, 2.05) is 41.3 Å². The number of hydrogen-bond acceptors (Lipinski definition) is 8. The Balaban J connectivity index is 1.43. The first kappa shape index (κ1) is 21.5. The van der Waals surface area contributed by atoms with Crippen LogP contribution >= 0.6 is 0 Å². The molecule has 2 bridgehead atoms. The number of nitrogens with one attached hydrogen (secondary N) is 3. The van der Waals surface area contributed by atoms with E-state index >= 15 is 0 Å². The Morgan fingerprint density at radius 1 is 1.09 bits per heavy atom. The second-order valence-corrected chi connectivity index (χ2v) is 11.8. The smallest absolute Gasteiger partial charge is 0.263 e. The Morgan fingerprint density at radius 3 is 2.82 bits per heavy atom. The average molecular weight is 481 g/mol. The number of rotatable bonds is 4. The van der Waals surface area contributed by atoms with Gasteiger partial charge in [-0.2, -0.15) is 4.98 Å². The number of piperidine rings is 1. The predicted molar refractivity (Wildman–Crippen MR) is 133 cm³/mol. The SMILES string of the molecule is O=c1[nH]c(N2CC3CC2CS(=O)(=O)C3)nc(N[C@@H]2CCCNC2)c1-c1ccc2ccccc2n1. The second kappa shape index (κ2) is 8.35. The number of aromatic amines is 1. The first-order valence-corrected chi connectivity index (χ1v) is 13.7. The monoisotopic (exact) mass is 480 g/mol. The van der Waals surface area contributed by atoms with Crippen molar-refractivity contribution in [3.63, 3.8) is 0 Å². The van der Waals surface area contributed by atoms with Gasteiger partial charge in [0.05, 0.1) is 22.7 Å². The molecule has 3 aromatic rings. The van der Waals surface area contributed by atoms with Crippen LogP contribution in [0.2, 0.25) is 0 Å². The standard InChI is InChI=1S/C24H28N6O3S/c31-23-21(20-8-7-16-4-1-2-6-19(16)27-20)22(26-17-5-3-9-25-11-17)28-24(29-23)30-12-15-10-18(30)14-34(32,33)13-15/h1-2,4,6-8,15,17-18,25H,3,5,9-14H2,(H2,26,28,29,31)/t15?,17-,18?/m1/s1. The van der Waals surface area contributed by atoms with Gasteiger partial charge in [-0.15, -0.1) is 0 Å². The zero-order valence-corrected chi connectivity index (χ0v) is 19.6. The minimum Gasteiger partial charge on any atom is -0.365 e. The van der Waals surface area contributed by atoms with Crippen LogP contribution in [0.4, 0.5) is 11.8 Å². The lowest BCUT2D eigenvalue weighted by molar-refractivity contribution is 0.479. The molecule has 0 amide bonds. The fraction of sp³-hybridized carbons (Fsp3) is 0.458. The van der Waals surface area contributed by atoms with Crippen LogP contribution in [0.1, 0.15) is 19.3 Å². The first-order chi connectivity index (χ1) is 16.4. The molecule has 9 nitrogen and oxygen atoms in total. The number of para-hydroxylation sites is 1. The molecule has 178 valence electrons. The Hall–Kier alpha value is -2.98. The minimum absolute atomic E-state index is 0.0786. The molecule has 3 saturated heterocycles. The van der Waals surface area contributed by atoms with Crippen LogP contribution in [-0.2, 0) is 9.84 Å². The summed E-state index contributed by atoms with van der Waals surface area (Å²) >= 11 is 0. The Labute approximate surface area is 197 Å². The van der Waals surface area contributed by atoms with Crippen LogP contribution in [0.5, 0.6) is 0 Å². The number of hydrogen-bond donors (Lipinski definition) is 3. The normalized spacial score (nSPS) is 26.0. The lowest BCUT2D eigenvalue weighted by Crippen LogP contribution is -2.40. The van der Waals surface area contributed by atoms with E-state index in [0.29, 0.717) is 29.6 Å². The molecule has 0 spiro atoms. The topological polar surface area (TPSA) is 120 Å². The van der Waals surface area contributed by atoms with Gasteiger partial charge in [0.15, 0.2) is 9.84 Å². The molecule has 2 unspecified atom stereocenters. The highest BCUT2D eigenvalue weighted by Crippen LogP contribution is 2.34. The molecule has 34 heavy (non-hydrogen) atoms. The van der Waals surface area contributed by atoms with Crippen molar-refractivity contribution in [1.29, 1.82) is 0 Å². The Morgan fingerprint density at radius 2 is 1.97 bits per heavy atom. The maximum Gasteiger partial charge on any atom is 0.263 e. The van der Waals surface area contributed by atoms with E-state index in [-0.39, 0.29) is 35.1 Å². The van der Waals surface area contributed by atoms with Crippen LogP contribution in [-0.4, -0.2) is 66.6 Å². The largest absolute Gasteiger partial charge is 0.365 e. The molecule has 1 aromatic carbocycles. The van der Waals surface area contributed by atoms with Gasteiger partial charge in [-0.25, -0.2) is 13.4 Å². The van der Waals surface area contributed by atoms with E-state index < -0.39 is 9.84 Å². The van der Waals surface area contributed by atoms with Crippen LogP contribution in [0, 0.1) is 5.92 Å². The third kappa shape index (κ3) is 4.05. The zero-order valence-electron chi connectivity index (χ0n) is 18.8. The van der Waals surface area contributed by atoms with Crippen molar-refractivity contribution in [1.82, 2.24) is 20.3 Å². The fourth-order valence-corrected chi connectivity index (χ4v) is 7.58. The molecule has 3 fully saturated rings. The van der Waals surface area contributed by atoms with Crippen molar-refractivity contribution < 1.29 is 8.42 Å². The Bertz CT molecular complexity index is 1400. The zero-order chi connectivity index (χ0) is 23.3. The van der Waals surface area contributed by atoms with Crippen molar-refractivity contribution >= 4 is 32.5 Å². The quantitative estimate of drug-likeness (QED) is 0.517. The van der Waals surface area contributed by atoms with Crippen molar-refractivity contribution in [2.75, 3.05) is 41.4 Å². The van der Waals surface area contributed by atoms with Crippen molar-refractivity contribution in [3.8, 4) is 11.3 Å². The van der Waals surface area contributed by atoms with Crippen LogP contribution in [0.25, 0.3) is 22.2 Å². The molecule has 2 aromatic heterocycles. The molecule has 3 atom stereocenters. The van der Waals surface area contributed by atoms with Crippen LogP contribution in [0.3, 0.4) is 0 Å². The van der Waals surface area contributed by atoms with Gasteiger partial charge in [-0.1, -0.05) is 24.3 Å². The van der Waals surface area contributed by atoms with Gasteiger partial charge >= 0.3 is 0 Å². The number of anilines is 2. The number of fused-ring (bicyclic) bond motifs is 3. The third-order valence-electron chi connectivity index (χ3n) is 7.11. The number of H-pyrrole nitrogens is 1. The van der Waals surface area contributed by atoms with Gasteiger partial charge < -0.3 is 15.5 Å². The van der Waals surface area contributed by atoms with Gasteiger partial charge in [0.2, 0.25) is 5.95 Å². The average Bonchev–Trinajstić information content (AvgIpc) is 3.13. The van der Waals surface area contributed by atoms with E-state index in [1.165, 1.54) is 0 Å². The lowest BCUT2D eigenvalue weighted by atomic mass is 10.1. The van der Waals surface area contributed by atoms with Gasteiger partial charge in [0.1, 0.15) is 11.4 Å². The third-order valence-corrected chi connectivity index (χ3v) is 8.98. The van der Waals surface area contributed by atoms with Crippen LogP contribution < -0.4 is 21.1 Å². The van der Waals surface area contributed by atoms with Gasteiger partial charge in [-0.05, 0) is 43.9 Å². The number of pyridine rings is 1. The summed E-state index contributed by atoms with van der Waals surface area (Å²) in [6, 6.07) is 11.6. The van der Waals surface area contributed by atoms with Gasteiger partial charge in [0.25, 0.3) is 5.56 Å². The molecule has 5 heterocycles. The Kier molecular flexibility index (Phi) is 5.29. The molecule has 0 aliphatic carbocycles. The maximum atomic E-state index is 13.5. The summed E-state index contributed by atoms with van der Waals surface area (Å²) in [7, 11) is -3.07. The van der Waals surface area contributed by atoms with Crippen molar-refractivity contribution in [3.05, 3.63) is 46.8 Å². The van der Waals surface area contributed by atoms with E-state index in [1.54, 1.807) is 0 Å². The molecule has 3 N–H and O–H groups in total. The minimum atomic E-state index is -3.07. The highest BCUT2D eigenvalue weighted by atomic mass is 32.2. The van der Waals surface area contributed by atoms with E-state index in [0.717, 1.165) is 43.3 Å². The first-order valence-electron chi connectivity index (χ1n) is 11.9. The highest BCUT2D eigenvalue weighted by Gasteiger charge is 2.43. The lowest BCUT2D eigenvalue weighted by Gasteiger charge is -2.28. The molecule has 3 aliphatic heterocycles. The number of aromatic nitrogens is 3. The summed E-state index contributed by atoms with van der Waals surface area (Å²) < 4.78 is 24.6. The molecule has 0 saturated carbocycles. The van der Waals surface area contributed by atoms with Crippen LogP contribution in [0.15, 0.2) is 41.2 Å². The molecule has 10 heteroatoms. The second-order valence-electron chi connectivity index (χ2n) is 9.67. The number of sulfone groups is 1. The molecule has 0 radical (unpaired) electrons. The van der Waals surface area contributed by atoms with Crippen molar-refractivity contribution in [2.24, 2.45) is 5.92 Å². The van der Waals surface area contributed by atoms with Crippen molar-refractivity contribution in [2.45, 2.75) is 31.3 Å². The number of nitrogens with zero attached hydrogens (tertiary/aromatic N) is 3. The molecular weight excluding hydrogens is 452 g/mol. The van der Waals surface area contributed by atoms with E-state index in [9.17, 15) is 13.2 Å². The fourth-order valence-electron chi connectivity index (χ4n) is 5.59. The maximum absolute atomic E-state index is 13.5. The summed E-state index contributed by atoms with van der Waals surface area (Å²) in [4.78, 5) is 28.0. The molecule has 6 rings (SSSR count). The summed E-state index contributed by atoms with van der Waals surface area (Å²) in [5, 5.41) is 7.89. The summed E-state index contributed by atoms with van der Waals surface area (Å²) in [6.45, 7) is 2.36. The number of benzene rings is 1.